The second-order valence-electron chi connectivity index (χ2n) is 10.7. The predicted molar refractivity (Wildman–Crippen MR) is 151 cm³/mol. The van der Waals surface area contributed by atoms with Crippen LogP contribution in [0.15, 0.2) is 48.5 Å². The number of nitrogens with two attached hydrogens (primary N) is 1. The summed E-state index contributed by atoms with van der Waals surface area (Å²) in [5.41, 5.74) is 5.72. The topological polar surface area (TPSA) is 103 Å². The van der Waals surface area contributed by atoms with Crippen LogP contribution in [0.5, 0.6) is 11.5 Å². The summed E-state index contributed by atoms with van der Waals surface area (Å²) in [5.74, 6) is -2.72. The third kappa shape index (κ3) is 5.90. The number of hydrogen-bond acceptors (Lipinski definition) is 6. The van der Waals surface area contributed by atoms with Gasteiger partial charge in [-0.2, -0.15) is 0 Å². The van der Waals surface area contributed by atoms with Crippen LogP contribution in [0.1, 0.15) is 48.2 Å². The first-order chi connectivity index (χ1) is 19.6. The molecule has 3 aromatic rings. The number of carbonyl (C=O) groups excluding carboxylic acids is 1. The lowest BCUT2D eigenvalue weighted by Crippen LogP contribution is -2.49. The lowest BCUT2D eigenvalue weighted by atomic mass is 9.85. The quantitative estimate of drug-likeness (QED) is 0.321. The maximum atomic E-state index is 16.1. The summed E-state index contributed by atoms with van der Waals surface area (Å²) in [6, 6.07) is 13.4. The Bertz CT molecular complexity index is 1430. The van der Waals surface area contributed by atoms with Crippen LogP contribution in [0.2, 0.25) is 5.02 Å². The van der Waals surface area contributed by atoms with Crippen molar-refractivity contribution in [2.24, 2.45) is 5.73 Å². The number of aliphatic hydroxyl groups is 1. The second kappa shape index (κ2) is 11.9. The van der Waals surface area contributed by atoms with Crippen molar-refractivity contribution >= 4 is 17.5 Å². The van der Waals surface area contributed by atoms with Crippen molar-refractivity contribution in [3.63, 3.8) is 0 Å². The van der Waals surface area contributed by atoms with E-state index in [1.807, 2.05) is 44.2 Å². The normalized spacial score (nSPS) is 23.6. The van der Waals surface area contributed by atoms with E-state index in [0.717, 1.165) is 24.5 Å². The maximum Gasteiger partial charge on any atom is 0.249 e. The third-order valence-corrected chi connectivity index (χ3v) is 7.94. The van der Waals surface area contributed by atoms with Crippen LogP contribution in [-0.2, 0) is 16.8 Å². The lowest BCUT2D eigenvalue weighted by molar-refractivity contribution is -0.0450. The molecule has 0 radical (unpaired) electrons. The van der Waals surface area contributed by atoms with Gasteiger partial charge in [0, 0.05) is 36.2 Å². The molecule has 1 fully saturated rings. The molecule has 0 aliphatic carbocycles. The van der Waals surface area contributed by atoms with Crippen molar-refractivity contribution in [1.29, 1.82) is 0 Å². The number of halogens is 3. The van der Waals surface area contributed by atoms with Crippen molar-refractivity contribution in [3.8, 4) is 22.6 Å². The Balaban J connectivity index is 1.60. The first-order valence-corrected chi connectivity index (χ1v) is 14.0. The molecule has 1 saturated heterocycles. The smallest absolute Gasteiger partial charge is 0.249 e. The minimum Gasteiger partial charge on any atom is -0.487 e. The molecule has 5 rings (SSSR count). The summed E-state index contributed by atoms with van der Waals surface area (Å²) in [6.07, 6.45) is 2.13. The van der Waals surface area contributed by atoms with Gasteiger partial charge < -0.3 is 30.4 Å². The Morgan fingerprint density at radius 3 is 2.54 bits per heavy atom. The molecule has 0 aromatic heterocycles. The number of ether oxygens (including phenoxy) is 3. The molecule has 7 nitrogen and oxygen atoms in total. The van der Waals surface area contributed by atoms with Crippen LogP contribution in [0.25, 0.3) is 11.1 Å². The molecule has 0 saturated carbocycles. The Kier molecular flexibility index (Phi) is 8.52. The highest BCUT2D eigenvalue weighted by molar-refractivity contribution is 6.32. The first kappa shape index (κ1) is 29.3. The molecule has 2 aliphatic heterocycles. The summed E-state index contributed by atoms with van der Waals surface area (Å²) < 4.78 is 49.0. The molecule has 4 atom stereocenters. The van der Waals surface area contributed by atoms with Crippen molar-refractivity contribution in [3.05, 3.63) is 81.9 Å². The van der Waals surface area contributed by atoms with E-state index in [1.54, 1.807) is 0 Å². The van der Waals surface area contributed by atoms with Gasteiger partial charge in [-0.1, -0.05) is 41.9 Å². The molecule has 218 valence electrons. The minimum absolute atomic E-state index is 0.105. The highest BCUT2D eigenvalue weighted by atomic mass is 35.5. The molecule has 0 spiro atoms. The zero-order valence-electron chi connectivity index (χ0n) is 22.9. The predicted octanol–water partition coefficient (Wildman–Crippen LogP) is 5.13. The van der Waals surface area contributed by atoms with Crippen LogP contribution in [0.4, 0.5) is 8.78 Å². The zero-order valence-corrected chi connectivity index (χ0v) is 23.6. The van der Waals surface area contributed by atoms with E-state index in [-0.39, 0.29) is 71.1 Å². The number of primary amides is 1. The summed E-state index contributed by atoms with van der Waals surface area (Å²) in [4.78, 5) is 12.5. The molecule has 41 heavy (non-hydrogen) atoms. The van der Waals surface area contributed by atoms with E-state index in [9.17, 15) is 9.90 Å². The molecule has 4 N–H and O–H groups in total. The van der Waals surface area contributed by atoms with E-state index < -0.39 is 23.1 Å². The second-order valence-corrected chi connectivity index (χ2v) is 11.1. The van der Waals surface area contributed by atoms with E-state index in [0.29, 0.717) is 12.1 Å². The molecule has 2 heterocycles. The minimum atomic E-state index is -0.979. The number of fused-ring (bicyclic) bond motifs is 1. The average molecular weight is 587 g/mol. The van der Waals surface area contributed by atoms with Crippen LogP contribution >= 0.6 is 11.6 Å². The van der Waals surface area contributed by atoms with Gasteiger partial charge in [-0.05, 0) is 49.9 Å². The van der Waals surface area contributed by atoms with Crippen LogP contribution < -0.4 is 20.5 Å². The van der Waals surface area contributed by atoms with Gasteiger partial charge in [-0.15, -0.1) is 0 Å². The van der Waals surface area contributed by atoms with E-state index >= 15 is 8.78 Å². The number of carbonyl (C=O) groups is 1. The van der Waals surface area contributed by atoms with Crippen molar-refractivity contribution in [1.82, 2.24) is 5.32 Å². The van der Waals surface area contributed by atoms with E-state index in [1.165, 1.54) is 12.1 Å². The number of benzene rings is 3. The van der Waals surface area contributed by atoms with Gasteiger partial charge in [-0.3, -0.25) is 4.79 Å². The molecule has 10 heteroatoms. The fourth-order valence-corrected chi connectivity index (χ4v) is 6.21. The van der Waals surface area contributed by atoms with Crippen LogP contribution in [0, 0.1) is 11.6 Å². The van der Waals surface area contributed by atoms with E-state index in [4.69, 9.17) is 31.5 Å². The Hall–Kier alpha value is -3.24. The number of rotatable bonds is 9. The Labute approximate surface area is 242 Å². The fourth-order valence-electron chi connectivity index (χ4n) is 5.96. The molecule has 1 amide bonds. The molecule has 3 aromatic carbocycles. The standard InChI is InChI=1S/C31H33ClF2N2O5/c1-17-10-21(11-18(2)40-17)36-16-31(19-6-4-3-5-7-19)15-24-22(12-20(33)13-26(24)41-31)27-23(30(35)38)14-25(32)29(28(27)34)39-9-8-37/h3-7,12-14,17-18,21,36-37H,8-11,15-16H2,1-2H3,(H2,35,38)/t17-,18+,21?,31-/m1/s1. The van der Waals surface area contributed by atoms with Crippen molar-refractivity contribution in [2.75, 3.05) is 19.8 Å². The van der Waals surface area contributed by atoms with Crippen molar-refractivity contribution in [2.45, 2.75) is 57.0 Å². The maximum absolute atomic E-state index is 16.1. The fraction of sp³-hybridized carbons (Fsp3) is 0.387. The molecule has 2 aliphatic rings. The van der Waals surface area contributed by atoms with Crippen LogP contribution in [0.3, 0.4) is 0 Å². The number of hydrogen-bond donors (Lipinski definition) is 3. The molecule has 0 bridgehead atoms. The largest absolute Gasteiger partial charge is 0.487 e. The summed E-state index contributed by atoms with van der Waals surface area (Å²) in [6.45, 7) is 3.87. The van der Waals surface area contributed by atoms with Gasteiger partial charge in [0.15, 0.2) is 17.2 Å². The lowest BCUT2D eigenvalue weighted by Gasteiger charge is -2.36. The van der Waals surface area contributed by atoms with Gasteiger partial charge in [0.1, 0.15) is 18.2 Å². The summed E-state index contributed by atoms with van der Waals surface area (Å²) >= 11 is 6.21. The number of nitrogens with one attached hydrogen (secondary N) is 1. The van der Waals surface area contributed by atoms with E-state index in [2.05, 4.69) is 5.32 Å². The summed E-state index contributed by atoms with van der Waals surface area (Å²) in [5, 5.41) is 12.6. The van der Waals surface area contributed by atoms with Gasteiger partial charge in [-0.25, -0.2) is 8.78 Å². The first-order valence-electron chi connectivity index (χ1n) is 13.6. The molecular formula is C31H33ClF2N2O5. The average Bonchev–Trinajstić information content (AvgIpc) is 3.31. The highest BCUT2D eigenvalue weighted by Gasteiger charge is 2.44. The van der Waals surface area contributed by atoms with Gasteiger partial charge in [0.2, 0.25) is 5.91 Å². The Morgan fingerprint density at radius 1 is 1.17 bits per heavy atom. The molecule has 1 unspecified atom stereocenters. The van der Waals surface area contributed by atoms with Gasteiger partial charge in [0.25, 0.3) is 0 Å². The van der Waals surface area contributed by atoms with Crippen molar-refractivity contribution < 1.29 is 32.9 Å². The number of aliphatic hydroxyl groups excluding tert-OH is 1. The molecular weight excluding hydrogens is 554 g/mol. The van der Waals surface area contributed by atoms with Gasteiger partial charge >= 0.3 is 0 Å². The summed E-state index contributed by atoms with van der Waals surface area (Å²) in [7, 11) is 0. The van der Waals surface area contributed by atoms with Gasteiger partial charge in [0.05, 0.1) is 29.4 Å². The zero-order chi connectivity index (χ0) is 29.3. The third-order valence-electron chi connectivity index (χ3n) is 7.66. The monoisotopic (exact) mass is 586 g/mol. The number of amides is 1. The van der Waals surface area contributed by atoms with Crippen LogP contribution in [-0.4, -0.2) is 49.0 Å². The Morgan fingerprint density at radius 2 is 1.88 bits per heavy atom. The highest BCUT2D eigenvalue weighted by Crippen LogP contribution is 2.48. The SMILES string of the molecule is C[C@@H]1CC(NC[C@@]2(c3ccccc3)Cc3c(cc(F)cc3-c3c(C(N)=O)cc(Cl)c(OCCO)c3F)O2)C[C@H](C)O1.